The molecule has 104 valence electrons. The first kappa shape index (κ1) is 14.1. The SMILES string of the molecule is Cc1cc(C(N)=O)ccc1NCc1cccc(C)c1C. The Labute approximate surface area is 119 Å². The van der Waals surface area contributed by atoms with Crippen LogP contribution in [0.25, 0.3) is 0 Å². The molecule has 2 aromatic rings. The predicted molar refractivity (Wildman–Crippen MR) is 82.9 cm³/mol. The molecule has 0 aliphatic rings. The molecule has 1 amide bonds. The van der Waals surface area contributed by atoms with Crippen LogP contribution in [-0.2, 0) is 6.54 Å². The van der Waals surface area contributed by atoms with Crippen LogP contribution in [0.4, 0.5) is 5.69 Å². The van der Waals surface area contributed by atoms with E-state index in [1.807, 2.05) is 19.1 Å². The van der Waals surface area contributed by atoms with Crippen molar-refractivity contribution >= 4 is 11.6 Å². The van der Waals surface area contributed by atoms with Crippen LogP contribution >= 0.6 is 0 Å². The Morgan fingerprint density at radius 3 is 2.50 bits per heavy atom. The number of hydrogen-bond donors (Lipinski definition) is 2. The van der Waals surface area contributed by atoms with E-state index in [9.17, 15) is 4.79 Å². The predicted octanol–water partition coefficient (Wildman–Crippen LogP) is 3.32. The largest absolute Gasteiger partial charge is 0.381 e. The van der Waals surface area contributed by atoms with Crippen molar-refractivity contribution in [3.8, 4) is 0 Å². The van der Waals surface area contributed by atoms with Crippen molar-refractivity contribution in [1.82, 2.24) is 0 Å². The first-order chi connectivity index (χ1) is 9.49. The van der Waals surface area contributed by atoms with Gasteiger partial charge in [-0.05, 0) is 61.2 Å². The number of hydrogen-bond acceptors (Lipinski definition) is 2. The number of carbonyl (C=O) groups is 1. The number of aryl methyl sites for hydroxylation is 2. The first-order valence-electron chi connectivity index (χ1n) is 6.68. The summed E-state index contributed by atoms with van der Waals surface area (Å²) in [7, 11) is 0. The van der Waals surface area contributed by atoms with Gasteiger partial charge in [-0.3, -0.25) is 4.79 Å². The van der Waals surface area contributed by atoms with Crippen molar-refractivity contribution in [2.24, 2.45) is 5.73 Å². The molecule has 0 bridgehead atoms. The topological polar surface area (TPSA) is 55.1 Å². The summed E-state index contributed by atoms with van der Waals surface area (Å²) in [6.07, 6.45) is 0. The van der Waals surface area contributed by atoms with Crippen molar-refractivity contribution in [1.29, 1.82) is 0 Å². The molecule has 0 atom stereocenters. The number of amides is 1. The number of nitrogens with two attached hydrogens (primary N) is 1. The lowest BCUT2D eigenvalue weighted by Gasteiger charge is -2.13. The van der Waals surface area contributed by atoms with Crippen molar-refractivity contribution < 1.29 is 4.79 Å². The van der Waals surface area contributed by atoms with E-state index in [-0.39, 0.29) is 0 Å². The van der Waals surface area contributed by atoms with Gasteiger partial charge in [0.25, 0.3) is 0 Å². The van der Waals surface area contributed by atoms with Gasteiger partial charge in [-0.2, -0.15) is 0 Å². The lowest BCUT2D eigenvalue weighted by molar-refractivity contribution is 0.1000. The van der Waals surface area contributed by atoms with Crippen molar-refractivity contribution in [2.75, 3.05) is 5.32 Å². The first-order valence-corrected chi connectivity index (χ1v) is 6.68. The van der Waals surface area contributed by atoms with Gasteiger partial charge in [0.15, 0.2) is 0 Å². The zero-order chi connectivity index (χ0) is 14.7. The van der Waals surface area contributed by atoms with E-state index in [4.69, 9.17) is 5.73 Å². The summed E-state index contributed by atoms with van der Waals surface area (Å²) in [4.78, 5) is 11.1. The minimum Gasteiger partial charge on any atom is -0.381 e. The molecular formula is C17H20N2O. The normalized spacial score (nSPS) is 10.3. The van der Waals surface area contributed by atoms with Crippen molar-refractivity contribution in [3.63, 3.8) is 0 Å². The molecule has 0 fully saturated rings. The van der Waals surface area contributed by atoms with Crippen LogP contribution in [0.2, 0.25) is 0 Å². The van der Waals surface area contributed by atoms with Crippen LogP contribution in [0.3, 0.4) is 0 Å². The van der Waals surface area contributed by atoms with Gasteiger partial charge >= 0.3 is 0 Å². The zero-order valence-electron chi connectivity index (χ0n) is 12.2. The highest BCUT2D eigenvalue weighted by atomic mass is 16.1. The molecule has 0 aliphatic heterocycles. The average Bonchev–Trinajstić information content (AvgIpc) is 2.41. The summed E-state index contributed by atoms with van der Waals surface area (Å²) >= 11 is 0. The average molecular weight is 268 g/mol. The number of carbonyl (C=O) groups excluding carboxylic acids is 1. The second-order valence-corrected chi connectivity index (χ2v) is 5.11. The molecule has 0 aliphatic carbocycles. The van der Waals surface area contributed by atoms with Crippen LogP contribution in [0.1, 0.15) is 32.6 Å². The fraction of sp³-hybridized carbons (Fsp3) is 0.235. The van der Waals surface area contributed by atoms with E-state index in [2.05, 4.69) is 37.4 Å². The minimum atomic E-state index is -0.394. The van der Waals surface area contributed by atoms with E-state index in [1.54, 1.807) is 6.07 Å². The van der Waals surface area contributed by atoms with Gasteiger partial charge in [-0.25, -0.2) is 0 Å². The standard InChI is InChI=1S/C17H20N2O/c1-11-5-4-6-15(13(11)3)10-19-16-8-7-14(17(18)20)9-12(16)2/h4-9,19H,10H2,1-3H3,(H2,18,20). The number of primary amides is 1. The molecule has 0 saturated carbocycles. The quantitative estimate of drug-likeness (QED) is 0.893. The summed E-state index contributed by atoms with van der Waals surface area (Å²) in [6, 6.07) is 11.8. The summed E-state index contributed by atoms with van der Waals surface area (Å²) in [6.45, 7) is 6.99. The lowest BCUT2D eigenvalue weighted by Crippen LogP contribution is -2.11. The van der Waals surface area contributed by atoms with E-state index >= 15 is 0 Å². The monoisotopic (exact) mass is 268 g/mol. The Morgan fingerprint density at radius 1 is 1.10 bits per heavy atom. The molecular weight excluding hydrogens is 248 g/mol. The second kappa shape index (κ2) is 5.78. The maximum absolute atomic E-state index is 11.1. The van der Waals surface area contributed by atoms with Crippen LogP contribution in [0.15, 0.2) is 36.4 Å². The molecule has 0 saturated heterocycles. The maximum atomic E-state index is 11.1. The number of rotatable bonds is 4. The summed E-state index contributed by atoms with van der Waals surface area (Å²) in [5.74, 6) is -0.394. The van der Waals surface area contributed by atoms with Gasteiger partial charge in [-0.15, -0.1) is 0 Å². The van der Waals surface area contributed by atoms with Gasteiger partial charge in [0.1, 0.15) is 0 Å². The smallest absolute Gasteiger partial charge is 0.248 e. The summed E-state index contributed by atoms with van der Waals surface area (Å²) in [5.41, 5.74) is 11.7. The number of nitrogens with one attached hydrogen (secondary N) is 1. The molecule has 0 radical (unpaired) electrons. The van der Waals surface area contributed by atoms with E-state index in [1.165, 1.54) is 16.7 Å². The third-order valence-electron chi connectivity index (χ3n) is 3.70. The lowest BCUT2D eigenvalue weighted by atomic mass is 10.0. The number of anilines is 1. The fourth-order valence-corrected chi connectivity index (χ4v) is 2.21. The molecule has 2 rings (SSSR count). The maximum Gasteiger partial charge on any atom is 0.248 e. The molecule has 2 aromatic carbocycles. The summed E-state index contributed by atoms with van der Waals surface area (Å²) in [5, 5.41) is 3.41. The van der Waals surface area contributed by atoms with Crippen LogP contribution < -0.4 is 11.1 Å². The van der Waals surface area contributed by atoms with Gasteiger partial charge in [0.2, 0.25) is 5.91 Å². The zero-order valence-corrected chi connectivity index (χ0v) is 12.2. The van der Waals surface area contributed by atoms with Gasteiger partial charge in [0, 0.05) is 17.8 Å². The Kier molecular flexibility index (Phi) is 4.08. The molecule has 0 heterocycles. The highest BCUT2D eigenvalue weighted by Crippen LogP contribution is 2.19. The van der Waals surface area contributed by atoms with Crippen LogP contribution in [0.5, 0.6) is 0 Å². The second-order valence-electron chi connectivity index (χ2n) is 5.11. The Morgan fingerprint density at radius 2 is 1.85 bits per heavy atom. The molecule has 0 unspecified atom stereocenters. The highest BCUT2D eigenvalue weighted by Gasteiger charge is 2.05. The molecule has 0 aromatic heterocycles. The fourth-order valence-electron chi connectivity index (χ4n) is 2.21. The molecule has 0 spiro atoms. The number of benzene rings is 2. The Balaban J connectivity index is 2.15. The molecule has 3 nitrogen and oxygen atoms in total. The van der Waals surface area contributed by atoms with E-state index in [0.29, 0.717) is 5.56 Å². The summed E-state index contributed by atoms with van der Waals surface area (Å²) < 4.78 is 0. The molecule has 3 heteroatoms. The van der Waals surface area contributed by atoms with Gasteiger partial charge < -0.3 is 11.1 Å². The highest BCUT2D eigenvalue weighted by molar-refractivity contribution is 5.93. The molecule has 20 heavy (non-hydrogen) atoms. The van der Waals surface area contributed by atoms with Gasteiger partial charge in [-0.1, -0.05) is 18.2 Å². The Hall–Kier alpha value is -2.29. The minimum absolute atomic E-state index is 0.394. The third-order valence-corrected chi connectivity index (χ3v) is 3.70. The van der Waals surface area contributed by atoms with Crippen LogP contribution in [-0.4, -0.2) is 5.91 Å². The van der Waals surface area contributed by atoms with Crippen molar-refractivity contribution in [2.45, 2.75) is 27.3 Å². The van der Waals surface area contributed by atoms with Crippen molar-refractivity contribution in [3.05, 3.63) is 64.2 Å². The van der Waals surface area contributed by atoms with Crippen LogP contribution in [0, 0.1) is 20.8 Å². The van der Waals surface area contributed by atoms with E-state index < -0.39 is 5.91 Å². The van der Waals surface area contributed by atoms with E-state index in [0.717, 1.165) is 17.8 Å². The molecule has 3 N–H and O–H groups in total. The Bertz CT molecular complexity index is 647. The van der Waals surface area contributed by atoms with Gasteiger partial charge in [0.05, 0.1) is 0 Å². The third kappa shape index (κ3) is 2.99.